The van der Waals surface area contributed by atoms with E-state index in [1.807, 2.05) is 6.92 Å². The number of alkyl halides is 1. The summed E-state index contributed by atoms with van der Waals surface area (Å²) in [5, 5.41) is 1.11. The molecule has 1 fully saturated rings. The number of hydrogen-bond acceptors (Lipinski definition) is 3. The predicted octanol–water partition coefficient (Wildman–Crippen LogP) is 2.83. The van der Waals surface area contributed by atoms with E-state index in [1.54, 1.807) is 0 Å². The molecule has 0 aromatic rings. The predicted molar refractivity (Wildman–Crippen MR) is 73.4 cm³/mol. The molecule has 0 bridgehead atoms. The zero-order valence-corrected chi connectivity index (χ0v) is 12.4. The Kier molecular flexibility index (Phi) is 7.86. The number of unbranched alkanes of at least 4 members (excludes halogenated alkanes) is 2. The molecular formula is C13H24BrNO2. The first-order valence-electron chi connectivity index (χ1n) is 6.73. The van der Waals surface area contributed by atoms with Gasteiger partial charge in [0.2, 0.25) is 0 Å². The maximum Gasteiger partial charge on any atom is 0.309 e. The number of hydrogen-bond donors (Lipinski definition) is 0. The molecule has 0 radical (unpaired) electrons. The molecule has 4 heteroatoms. The molecule has 0 unspecified atom stereocenters. The van der Waals surface area contributed by atoms with Crippen molar-refractivity contribution in [2.24, 2.45) is 5.92 Å². The van der Waals surface area contributed by atoms with Gasteiger partial charge in [-0.2, -0.15) is 0 Å². The minimum absolute atomic E-state index is 0.00596. The standard InChI is InChI=1S/C13H24BrNO2/c1-2-17-13(16)12-6-10-15(11-7-12)9-5-3-4-8-14/h12H,2-11H2,1H3. The highest BCUT2D eigenvalue weighted by Crippen LogP contribution is 2.19. The number of rotatable bonds is 7. The molecule has 3 nitrogen and oxygen atoms in total. The van der Waals surface area contributed by atoms with Crippen LogP contribution >= 0.6 is 15.9 Å². The molecule has 0 amide bonds. The van der Waals surface area contributed by atoms with E-state index in [2.05, 4.69) is 20.8 Å². The van der Waals surface area contributed by atoms with Crippen LogP contribution in [0.2, 0.25) is 0 Å². The van der Waals surface area contributed by atoms with E-state index < -0.39 is 0 Å². The maximum absolute atomic E-state index is 11.6. The summed E-state index contributed by atoms with van der Waals surface area (Å²) in [6.45, 7) is 5.67. The third kappa shape index (κ3) is 5.87. The van der Waals surface area contributed by atoms with Gasteiger partial charge >= 0.3 is 5.97 Å². The Labute approximate surface area is 113 Å². The van der Waals surface area contributed by atoms with Gasteiger partial charge in [-0.05, 0) is 52.2 Å². The maximum atomic E-state index is 11.6. The van der Waals surface area contributed by atoms with Gasteiger partial charge in [-0.1, -0.05) is 22.4 Å². The van der Waals surface area contributed by atoms with Crippen molar-refractivity contribution in [3.8, 4) is 0 Å². The van der Waals surface area contributed by atoms with Crippen molar-refractivity contribution >= 4 is 21.9 Å². The van der Waals surface area contributed by atoms with Crippen molar-refractivity contribution < 1.29 is 9.53 Å². The van der Waals surface area contributed by atoms with E-state index in [4.69, 9.17) is 4.74 Å². The number of piperidine rings is 1. The second-order valence-electron chi connectivity index (χ2n) is 4.62. The molecule has 0 aromatic carbocycles. The molecule has 1 heterocycles. The zero-order chi connectivity index (χ0) is 12.5. The molecule has 0 N–H and O–H groups in total. The molecule has 0 spiro atoms. The number of halogens is 1. The molecule has 1 saturated heterocycles. The van der Waals surface area contributed by atoms with E-state index in [1.165, 1.54) is 25.8 Å². The lowest BCUT2D eigenvalue weighted by Crippen LogP contribution is -2.37. The van der Waals surface area contributed by atoms with Gasteiger partial charge in [-0.3, -0.25) is 4.79 Å². The number of likely N-dealkylation sites (tertiary alicyclic amines) is 1. The topological polar surface area (TPSA) is 29.5 Å². The number of nitrogens with zero attached hydrogens (tertiary/aromatic N) is 1. The Morgan fingerprint density at radius 3 is 2.59 bits per heavy atom. The normalized spacial score (nSPS) is 18.2. The second kappa shape index (κ2) is 8.92. The fraction of sp³-hybridized carbons (Fsp3) is 0.923. The van der Waals surface area contributed by atoms with Gasteiger partial charge in [0.25, 0.3) is 0 Å². The summed E-state index contributed by atoms with van der Waals surface area (Å²) >= 11 is 3.45. The summed E-state index contributed by atoms with van der Waals surface area (Å²) < 4.78 is 5.07. The lowest BCUT2D eigenvalue weighted by molar-refractivity contribution is -0.149. The monoisotopic (exact) mass is 305 g/mol. The third-order valence-corrected chi connectivity index (χ3v) is 3.88. The number of ether oxygens (including phenoxy) is 1. The fourth-order valence-corrected chi connectivity index (χ4v) is 2.66. The summed E-state index contributed by atoms with van der Waals surface area (Å²) in [7, 11) is 0. The molecular weight excluding hydrogens is 282 g/mol. The van der Waals surface area contributed by atoms with Crippen molar-refractivity contribution in [2.75, 3.05) is 31.6 Å². The van der Waals surface area contributed by atoms with Crippen LogP contribution in [0.4, 0.5) is 0 Å². The first kappa shape index (κ1) is 15.0. The fourth-order valence-electron chi connectivity index (χ4n) is 2.26. The van der Waals surface area contributed by atoms with E-state index in [-0.39, 0.29) is 11.9 Å². The van der Waals surface area contributed by atoms with Gasteiger partial charge in [0.05, 0.1) is 12.5 Å². The van der Waals surface area contributed by atoms with E-state index >= 15 is 0 Å². The van der Waals surface area contributed by atoms with E-state index in [0.717, 1.165) is 31.3 Å². The summed E-state index contributed by atoms with van der Waals surface area (Å²) in [5.41, 5.74) is 0. The van der Waals surface area contributed by atoms with Gasteiger partial charge in [-0.25, -0.2) is 0 Å². The van der Waals surface area contributed by atoms with Crippen LogP contribution in [0.1, 0.15) is 39.0 Å². The minimum atomic E-state index is 0.00596. The third-order valence-electron chi connectivity index (χ3n) is 3.32. The zero-order valence-electron chi connectivity index (χ0n) is 10.8. The summed E-state index contributed by atoms with van der Waals surface area (Å²) in [6.07, 6.45) is 5.77. The number of esters is 1. The Balaban J connectivity index is 2.11. The Morgan fingerprint density at radius 2 is 2.00 bits per heavy atom. The van der Waals surface area contributed by atoms with Crippen LogP contribution in [0.15, 0.2) is 0 Å². The minimum Gasteiger partial charge on any atom is -0.466 e. The molecule has 1 rings (SSSR count). The Bertz CT molecular complexity index is 215. The quantitative estimate of drug-likeness (QED) is 0.411. The van der Waals surface area contributed by atoms with Crippen molar-refractivity contribution in [3.63, 3.8) is 0 Å². The van der Waals surface area contributed by atoms with E-state index in [0.29, 0.717) is 6.61 Å². The van der Waals surface area contributed by atoms with E-state index in [9.17, 15) is 4.79 Å². The highest BCUT2D eigenvalue weighted by molar-refractivity contribution is 9.09. The molecule has 0 saturated carbocycles. The Hall–Kier alpha value is -0.0900. The molecule has 100 valence electrons. The van der Waals surface area contributed by atoms with Crippen molar-refractivity contribution in [1.29, 1.82) is 0 Å². The number of carbonyl (C=O) groups excluding carboxylic acids is 1. The van der Waals surface area contributed by atoms with Crippen LogP contribution in [-0.2, 0) is 9.53 Å². The average Bonchev–Trinajstić information content (AvgIpc) is 2.36. The van der Waals surface area contributed by atoms with Crippen LogP contribution in [0, 0.1) is 5.92 Å². The summed E-state index contributed by atoms with van der Waals surface area (Å²) in [4.78, 5) is 14.0. The van der Waals surface area contributed by atoms with Crippen LogP contribution in [0.3, 0.4) is 0 Å². The first-order chi connectivity index (χ1) is 8.27. The van der Waals surface area contributed by atoms with Gasteiger partial charge in [0.1, 0.15) is 0 Å². The first-order valence-corrected chi connectivity index (χ1v) is 7.85. The lowest BCUT2D eigenvalue weighted by Gasteiger charge is -2.30. The molecule has 0 aromatic heterocycles. The van der Waals surface area contributed by atoms with Gasteiger partial charge in [-0.15, -0.1) is 0 Å². The molecule has 0 aliphatic carbocycles. The highest BCUT2D eigenvalue weighted by Gasteiger charge is 2.25. The molecule has 1 aliphatic heterocycles. The molecule has 0 atom stereocenters. The van der Waals surface area contributed by atoms with Crippen molar-refractivity contribution in [1.82, 2.24) is 4.90 Å². The highest BCUT2D eigenvalue weighted by atomic mass is 79.9. The largest absolute Gasteiger partial charge is 0.466 e. The Morgan fingerprint density at radius 1 is 1.29 bits per heavy atom. The second-order valence-corrected chi connectivity index (χ2v) is 5.41. The van der Waals surface area contributed by atoms with Gasteiger partial charge in [0.15, 0.2) is 0 Å². The summed E-state index contributed by atoms with van der Waals surface area (Å²) in [6, 6.07) is 0. The van der Waals surface area contributed by atoms with Gasteiger partial charge < -0.3 is 9.64 Å². The average molecular weight is 306 g/mol. The number of carbonyl (C=O) groups is 1. The molecule has 1 aliphatic rings. The lowest BCUT2D eigenvalue weighted by atomic mass is 9.97. The van der Waals surface area contributed by atoms with Crippen molar-refractivity contribution in [3.05, 3.63) is 0 Å². The van der Waals surface area contributed by atoms with Crippen LogP contribution < -0.4 is 0 Å². The van der Waals surface area contributed by atoms with Crippen LogP contribution in [-0.4, -0.2) is 42.4 Å². The van der Waals surface area contributed by atoms with Crippen LogP contribution in [0.25, 0.3) is 0 Å². The molecule has 17 heavy (non-hydrogen) atoms. The summed E-state index contributed by atoms with van der Waals surface area (Å²) in [5.74, 6) is 0.153. The van der Waals surface area contributed by atoms with Gasteiger partial charge in [0, 0.05) is 5.33 Å². The smallest absolute Gasteiger partial charge is 0.309 e. The van der Waals surface area contributed by atoms with Crippen molar-refractivity contribution in [2.45, 2.75) is 39.0 Å². The SMILES string of the molecule is CCOC(=O)C1CCN(CCCCCBr)CC1. The van der Waals surface area contributed by atoms with Crippen LogP contribution in [0.5, 0.6) is 0 Å².